The zero-order valence-corrected chi connectivity index (χ0v) is 29.2. The third-order valence-electron chi connectivity index (χ3n) is 9.20. The summed E-state index contributed by atoms with van der Waals surface area (Å²) >= 11 is 0. The Morgan fingerprint density at radius 2 is 1.44 bits per heavy atom. The molecule has 0 fully saturated rings. The van der Waals surface area contributed by atoms with Crippen LogP contribution in [0.2, 0.25) is 0 Å². The lowest BCUT2D eigenvalue weighted by Crippen LogP contribution is -2.24. The fourth-order valence-corrected chi connectivity index (χ4v) is 6.33. The lowest BCUT2D eigenvalue weighted by atomic mass is 9.86. The van der Waals surface area contributed by atoms with E-state index in [1.165, 1.54) is 5.56 Å². The predicted octanol–water partition coefficient (Wildman–Crippen LogP) is 12.6. The average Bonchev–Trinajstić information content (AvgIpc) is 3.51. The number of furan rings is 1. The van der Waals surface area contributed by atoms with E-state index < -0.39 is 11.8 Å². The number of halogens is 2. The van der Waals surface area contributed by atoms with Gasteiger partial charge >= 0.3 is 0 Å². The molecule has 50 heavy (non-hydrogen) atoms. The Balaban J connectivity index is 1.23. The van der Waals surface area contributed by atoms with Crippen molar-refractivity contribution in [2.45, 2.75) is 59.8 Å². The van der Waals surface area contributed by atoms with Crippen molar-refractivity contribution in [1.29, 1.82) is 0 Å². The second-order valence-corrected chi connectivity index (χ2v) is 14.9. The molecule has 0 amide bonds. The van der Waals surface area contributed by atoms with Gasteiger partial charge in [0, 0.05) is 45.3 Å². The van der Waals surface area contributed by atoms with Crippen LogP contribution in [-0.4, -0.2) is 16.4 Å². The van der Waals surface area contributed by atoms with E-state index in [4.69, 9.17) is 14.1 Å². The molecule has 3 heterocycles. The Labute approximate surface area is 291 Å². The summed E-state index contributed by atoms with van der Waals surface area (Å²) in [6, 6.07) is 34.3. The molecule has 0 N–H and O–H groups in total. The van der Waals surface area contributed by atoms with Gasteiger partial charge in [-0.2, -0.15) is 0 Å². The van der Waals surface area contributed by atoms with Crippen LogP contribution in [0.25, 0.3) is 55.6 Å². The Kier molecular flexibility index (Phi) is 8.51. The topological polar surface area (TPSA) is 48.2 Å². The first-order valence-electron chi connectivity index (χ1n) is 16.9. The summed E-state index contributed by atoms with van der Waals surface area (Å²) in [7, 11) is 0. The first-order valence-corrected chi connectivity index (χ1v) is 16.9. The maximum atomic E-state index is 13.5. The average molecular weight is 667 g/mol. The molecule has 4 aromatic carbocycles. The highest BCUT2D eigenvalue weighted by molar-refractivity contribution is 5.93. The number of benzene rings is 4. The second kappa shape index (κ2) is 12.8. The van der Waals surface area contributed by atoms with E-state index in [0.29, 0.717) is 11.3 Å². The lowest BCUT2D eigenvalue weighted by Gasteiger charge is -2.23. The van der Waals surface area contributed by atoms with Crippen LogP contribution in [-0.2, 0) is 11.8 Å². The molecular weight excluding hydrogens is 626 g/mol. The SMILES string of the molecule is Cc1cc(Oc2cc(-c3cc(-c4cc5cc(CC(C)(C)C(F)F)ccc5o4)ccn3)cc3ccccc23)cc(-c2cc(C(C)(C)C)ccn2)c1. The molecule has 6 heteroatoms. The summed E-state index contributed by atoms with van der Waals surface area (Å²) in [5, 5.41) is 2.90. The minimum Gasteiger partial charge on any atom is -0.457 e. The molecule has 3 aromatic heterocycles. The number of aromatic nitrogens is 2. The summed E-state index contributed by atoms with van der Waals surface area (Å²) < 4.78 is 40.0. The predicted molar refractivity (Wildman–Crippen MR) is 199 cm³/mol. The quantitative estimate of drug-likeness (QED) is 0.162. The molecule has 0 aliphatic rings. The number of alkyl halides is 2. The van der Waals surface area contributed by atoms with E-state index in [1.807, 2.05) is 72.9 Å². The van der Waals surface area contributed by atoms with E-state index in [9.17, 15) is 8.78 Å². The van der Waals surface area contributed by atoms with Gasteiger partial charge in [-0.15, -0.1) is 0 Å². The maximum absolute atomic E-state index is 13.5. The van der Waals surface area contributed by atoms with Crippen molar-refractivity contribution in [1.82, 2.24) is 9.97 Å². The molecule has 4 nitrogen and oxygen atoms in total. The number of nitrogens with zero attached hydrogens (tertiary/aromatic N) is 2. The molecular formula is C44H40F2N2O2. The lowest BCUT2D eigenvalue weighted by molar-refractivity contribution is 0.0200. The third-order valence-corrected chi connectivity index (χ3v) is 9.20. The van der Waals surface area contributed by atoms with Gasteiger partial charge < -0.3 is 9.15 Å². The standard InChI is InChI=1S/C44H40F2N2O2/c1-27-17-31(38-25-34(14-16-48-38)43(2,3)4)21-35(18-27)49-41-23-32(20-29-9-7-8-10-36(29)41)37-22-30(13-15-47-37)40-24-33-19-28(11-12-39(33)50-40)26-44(5,6)42(45)46/h7-25,42H,26H2,1-6H3. The first-order chi connectivity index (χ1) is 23.8. The molecule has 0 bridgehead atoms. The van der Waals surface area contributed by atoms with Gasteiger partial charge in [-0.25, -0.2) is 8.78 Å². The van der Waals surface area contributed by atoms with Gasteiger partial charge in [-0.05, 0) is 114 Å². The van der Waals surface area contributed by atoms with Gasteiger partial charge in [0.1, 0.15) is 22.8 Å². The molecule has 0 spiro atoms. The molecule has 0 aliphatic heterocycles. The van der Waals surface area contributed by atoms with Crippen molar-refractivity contribution >= 4 is 21.7 Å². The van der Waals surface area contributed by atoms with Crippen LogP contribution in [0.3, 0.4) is 0 Å². The summed E-state index contributed by atoms with van der Waals surface area (Å²) in [5.41, 5.74) is 7.19. The molecule has 0 saturated carbocycles. The highest BCUT2D eigenvalue weighted by Gasteiger charge is 2.29. The number of pyridine rings is 2. The molecule has 0 unspecified atom stereocenters. The monoisotopic (exact) mass is 666 g/mol. The fraction of sp³-hybridized carbons (Fsp3) is 0.227. The first kappa shape index (κ1) is 33.2. The normalized spacial score (nSPS) is 12.3. The Bertz CT molecular complexity index is 2350. The summed E-state index contributed by atoms with van der Waals surface area (Å²) in [4.78, 5) is 9.42. The van der Waals surface area contributed by atoms with Crippen molar-refractivity contribution in [3.8, 4) is 45.3 Å². The van der Waals surface area contributed by atoms with Crippen molar-refractivity contribution in [3.05, 3.63) is 132 Å². The number of aryl methyl sites for hydroxylation is 1. The van der Waals surface area contributed by atoms with E-state index in [2.05, 4.69) is 69.1 Å². The third kappa shape index (κ3) is 6.88. The van der Waals surface area contributed by atoms with E-state index in [1.54, 1.807) is 20.0 Å². The fourth-order valence-electron chi connectivity index (χ4n) is 6.33. The Hall–Kier alpha value is -5.36. The van der Waals surface area contributed by atoms with Gasteiger partial charge in [0.05, 0.1) is 11.4 Å². The number of ether oxygens (including phenoxy) is 1. The summed E-state index contributed by atoms with van der Waals surface area (Å²) in [5.74, 6) is 2.13. The molecule has 252 valence electrons. The Morgan fingerprint density at radius 3 is 2.22 bits per heavy atom. The van der Waals surface area contributed by atoms with Crippen molar-refractivity contribution in [2.75, 3.05) is 0 Å². The van der Waals surface area contributed by atoms with Crippen LogP contribution < -0.4 is 4.74 Å². The summed E-state index contributed by atoms with van der Waals surface area (Å²) in [6.07, 6.45) is 1.52. The highest BCUT2D eigenvalue weighted by atomic mass is 19.3. The van der Waals surface area contributed by atoms with E-state index >= 15 is 0 Å². The zero-order valence-electron chi connectivity index (χ0n) is 29.2. The van der Waals surface area contributed by atoms with E-state index in [-0.39, 0.29) is 11.8 Å². The molecule has 7 rings (SSSR count). The van der Waals surface area contributed by atoms with Crippen LogP contribution in [0.15, 0.2) is 120 Å². The number of fused-ring (bicyclic) bond motifs is 2. The van der Waals surface area contributed by atoms with E-state index in [0.717, 1.165) is 66.9 Å². The number of rotatable bonds is 8. The maximum Gasteiger partial charge on any atom is 0.243 e. The van der Waals surface area contributed by atoms with Crippen molar-refractivity contribution in [3.63, 3.8) is 0 Å². The Morgan fingerprint density at radius 1 is 0.700 bits per heavy atom. The largest absolute Gasteiger partial charge is 0.457 e. The minimum absolute atomic E-state index is 0.00915. The molecule has 0 saturated heterocycles. The number of hydrogen-bond acceptors (Lipinski definition) is 4. The van der Waals surface area contributed by atoms with Gasteiger partial charge in [-0.1, -0.05) is 65.0 Å². The van der Waals surface area contributed by atoms with Gasteiger partial charge in [0.25, 0.3) is 0 Å². The summed E-state index contributed by atoms with van der Waals surface area (Å²) in [6.45, 7) is 11.9. The van der Waals surface area contributed by atoms with Gasteiger partial charge in [0.15, 0.2) is 0 Å². The molecule has 0 atom stereocenters. The number of hydrogen-bond donors (Lipinski definition) is 0. The smallest absolute Gasteiger partial charge is 0.243 e. The van der Waals surface area contributed by atoms with Crippen molar-refractivity contribution < 1.29 is 17.9 Å². The van der Waals surface area contributed by atoms with Crippen LogP contribution in [0, 0.1) is 12.3 Å². The highest BCUT2D eigenvalue weighted by Crippen LogP contribution is 2.38. The van der Waals surface area contributed by atoms with Gasteiger partial charge in [0.2, 0.25) is 6.43 Å². The zero-order chi connectivity index (χ0) is 35.2. The van der Waals surface area contributed by atoms with Crippen LogP contribution in [0.5, 0.6) is 11.5 Å². The molecule has 0 radical (unpaired) electrons. The van der Waals surface area contributed by atoms with Crippen molar-refractivity contribution in [2.24, 2.45) is 5.41 Å². The molecule has 7 aromatic rings. The molecule has 0 aliphatic carbocycles. The second-order valence-electron chi connectivity index (χ2n) is 14.9. The van der Waals surface area contributed by atoms with Crippen LogP contribution in [0.4, 0.5) is 8.78 Å². The van der Waals surface area contributed by atoms with Crippen LogP contribution >= 0.6 is 0 Å². The van der Waals surface area contributed by atoms with Gasteiger partial charge in [-0.3, -0.25) is 9.97 Å². The van der Waals surface area contributed by atoms with Crippen LogP contribution in [0.1, 0.15) is 51.3 Å². The minimum atomic E-state index is -2.41.